The van der Waals surface area contributed by atoms with Gasteiger partial charge in [-0.2, -0.15) is 0 Å². The number of aromatic amines is 2. The van der Waals surface area contributed by atoms with E-state index in [0.717, 1.165) is 42.0 Å². The summed E-state index contributed by atoms with van der Waals surface area (Å²) in [5, 5.41) is 8.66. The summed E-state index contributed by atoms with van der Waals surface area (Å²) in [5.74, 6) is -1.20. The molecule has 0 aliphatic carbocycles. The molecular weight excluding hydrogens is 379 g/mol. The van der Waals surface area contributed by atoms with Crippen LogP contribution in [0.15, 0.2) is 12.1 Å². The van der Waals surface area contributed by atoms with Crippen molar-refractivity contribution in [2.24, 2.45) is 0 Å². The van der Waals surface area contributed by atoms with E-state index >= 15 is 0 Å². The van der Waals surface area contributed by atoms with E-state index in [2.05, 4.69) is 9.97 Å². The normalized spacial score (nSPS) is 14.2. The first-order chi connectivity index (χ1) is 12.6. The average Bonchev–Trinajstić information content (AvgIpc) is 3.26. The molecule has 4 rings (SSSR count). The number of ether oxygens (including phenoxy) is 3. The number of fused-ring (bicyclic) bond motifs is 2. The minimum atomic E-state index is -0.913. The monoisotopic (exact) mass is 402 g/mol. The van der Waals surface area contributed by atoms with E-state index in [1.165, 1.54) is 0 Å². The number of esters is 1. The molecule has 0 radical (unpaired) electrons. The smallest absolute Gasteiger partial charge is 0.870 e. The van der Waals surface area contributed by atoms with Gasteiger partial charge in [0, 0.05) is 24.2 Å². The van der Waals surface area contributed by atoms with Gasteiger partial charge in [-0.15, -0.1) is 0 Å². The first-order valence-electron chi connectivity index (χ1n) is 8.56. The average molecular weight is 402 g/mol. The summed E-state index contributed by atoms with van der Waals surface area (Å²) in [7, 11) is 0. The van der Waals surface area contributed by atoms with Crippen molar-refractivity contribution in [2.75, 3.05) is 19.8 Å². The molecular formula is C18H23N2NaO7. The molecule has 2 aromatic rings. The molecule has 9 nitrogen and oxygen atoms in total. The molecule has 0 atom stereocenters. The summed E-state index contributed by atoms with van der Waals surface area (Å²) in [6.07, 6.45) is 1.62. The maximum absolute atomic E-state index is 11.4. The van der Waals surface area contributed by atoms with Crippen molar-refractivity contribution < 1.29 is 63.9 Å². The maximum Gasteiger partial charge on any atom is 1.00 e. The number of hydrogen-bond acceptors (Lipinski definition) is 6. The predicted molar refractivity (Wildman–Crippen MR) is 93.2 cm³/mol. The van der Waals surface area contributed by atoms with Crippen LogP contribution >= 0.6 is 0 Å². The topological polar surface area (TPSA) is 144 Å². The van der Waals surface area contributed by atoms with Gasteiger partial charge in [-0.3, -0.25) is 0 Å². The van der Waals surface area contributed by atoms with Crippen LogP contribution in [0.2, 0.25) is 0 Å². The van der Waals surface area contributed by atoms with Gasteiger partial charge in [-0.25, -0.2) is 9.59 Å². The number of aromatic carboxylic acids is 1. The van der Waals surface area contributed by atoms with Gasteiger partial charge in [0.2, 0.25) is 0 Å². The molecule has 0 aromatic carbocycles. The number of carbonyl (C=O) groups excluding carboxylic acids is 1. The minimum Gasteiger partial charge on any atom is -0.870 e. The number of carbonyl (C=O) groups is 2. The SMILES string of the molecule is CCOC(=O)c1cc2c([nH]1)CCOC2.O=C(O)c1cc2c([nH]1)CCOC2.[Na+].[OH-]. The fourth-order valence-corrected chi connectivity index (χ4v) is 2.93. The van der Waals surface area contributed by atoms with E-state index < -0.39 is 5.97 Å². The third kappa shape index (κ3) is 5.94. The molecule has 148 valence electrons. The summed E-state index contributed by atoms with van der Waals surface area (Å²) in [6, 6.07) is 3.45. The molecule has 0 saturated carbocycles. The van der Waals surface area contributed by atoms with Gasteiger partial charge in [0.25, 0.3) is 0 Å². The van der Waals surface area contributed by atoms with Crippen LogP contribution in [0.1, 0.15) is 50.4 Å². The number of H-pyrrole nitrogens is 2. The van der Waals surface area contributed by atoms with Crippen LogP contribution in [0.25, 0.3) is 0 Å². The molecule has 4 N–H and O–H groups in total. The van der Waals surface area contributed by atoms with Crippen molar-refractivity contribution in [3.63, 3.8) is 0 Å². The number of carboxylic acid groups (broad SMARTS) is 1. The first kappa shape index (κ1) is 24.4. The summed E-state index contributed by atoms with van der Waals surface area (Å²) in [5.41, 5.74) is 4.92. The largest absolute Gasteiger partial charge is 1.00 e. The van der Waals surface area contributed by atoms with Crippen LogP contribution in [0.5, 0.6) is 0 Å². The zero-order valence-corrected chi connectivity index (χ0v) is 18.0. The van der Waals surface area contributed by atoms with Crippen molar-refractivity contribution in [3.05, 3.63) is 46.0 Å². The van der Waals surface area contributed by atoms with E-state index in [0.29, 0.717) is 32.1 Å². The van der Waals surface area contributed by atoms with E-state index in [1.807, 2.05) is 6.07 Å². The molecule has 0 spiro atoms. The van der Waals surface area contributed by atoms with Gasteiger partial charge in [-0.05, 0) is 30.2 Å². The molecule has 0 bridgehead atoms. The Bertz CT molecular complexity index is 753. The molecule has 0 fully saturated rings. The first-order valence-corrected chi connectivity index (χ1v) is 8.56. The minimum absolute atomic E-state index is 0. The van der Waals surface area contributed by atoms with Crippen molar-refractivity contribution in [3.8, 4) is 0 Å². The maximum atomic E-state index is 11.4. The van der Waals surface area contributed by atoms with Gasteiger partial charge >= 0.3 is 41.5 Å². The standard InChI is InChI=1S/C10H13NO3.C8H9NO3.Na.H2O/c1-2-14-10(12)9-5-7-6-13-4-3-8(7)11-9;10-8(11)7-3-5-4-12-2-1-6(5)9-7;;/h5,11H,2-4,6H2,1H3;3,9H,1-2,4H2,(H,10,11);;1H2/q;;+1;/p-1. The fraction of sp³-hybridized carbons (Fsp3) is 0.444. The van der Waals surface area contributed by atoms with Gasteiger partial charge in [0.1, 0.15) is 11.4 Å². The summed E-state index contributed by atoms with van der Waals surface area (Å²) < 4.78 is 15.3. The second kappa shape index (κ2) is 11.4. The molecule has 0 saturated heterocycles. The molecule has 0 unspecified atom stereocenters. The Morgan fingerprint density at radius 2 is 1.54 bits per heavy atom. The van der Waals surface area contributed by atoms with Crippen molar-refractivity contribution in [2.45, 2.75) is 33.0 Å². The van der Waals surface area contributed by atoms with Crippen LogP contribution in [0.4, 0.5) is 0 Å². The molecule has 28 heavy (non-hydrogen) atoms. The molecule has 10 heteroatoms. The number of aromatic nitrogens is 2. The van der Waals surface area contributed by atoms with Crippen LogP contribution < -0.4 is 29.6 Å². The summed E-state index contributed by atoms with van der Waals surface area (Å²) >= 11 is 0. The third-order valence-electron chi connectivity index (χ3n) is 4.22. The molecule has 4 heterocycles. The number of nitrogens with one attached hydrogen (secondary N) is 2. The Kier molecular flexibility index (Phi) is 9.94. The molecule has 2 aliphatic heterocycles. The van der Waals surface area contributed by atoms with Gasteiger partial charge in [0.15, 0.2) is 0 Å². The van der Waals surface area contributed by atoms with E-state index in [-0.39, 0.29) is 46.7 Å². The molecule has 2 aromatic heterocycles. The summed E-state index contributed by atoms with van der Waals surface area (Å²) in [6.45, 7) is 4.70. The Morgan fingerprint density at radius 1 is 1.04 bits per heavy atom. The Balaban J connectivity index is 0.000000264. The fourth-order valence-electron chi connectivity index (χ4n) is 2.93. The zero-order valence-electron chi connectivity index (χ0n) is 16.0. The number of carboxylic acids is 1. The van der Waals surface area contributed by atoms with Gasteiger partial charge < -0.3 is 34.8 Å². The Hall–Kier alpha value is -1.62. The van der Waals surface area contributed by atoms with E-state index in [4.69, 9.17) is 19.3 Å². The third-order valence-corrected chi connectivity index (χ3v) is 4.22. The van der Waals surface area contributed by atoms with E-state index in [1.54, 1.807) is 13.0 Å². The van der Waals surface area contributed by atoms with Gasteiger partial charge in [0.05, 0.1) is 33.0 Å². The van der Waals surface area contributed by atoms with Crippen molar-refractivity contribution >= 4 is 11.9 Å². The van der Waals surface area contributed by atoms with Gasteiger partial charge in [-0.1, -0.05) is 0 Å². The number of rotatable bonds is 3. The number of hydrogen-bond donors (Lipinski definition) is 3. The zero-order chi connectivity index (χ0) is 18.5. The second-order valence-electron chi connectivity index (χ2n) is 6.00. The van der Waals surface area contributed by atoms with Crippen LogP contribution in [-0.4, -0.2) is 52.3 Å². The predicted octanol–water partition coefficient (Wildman–Crippen LogP) is -1.12. The molecule has 0 amide bonds. The van der Waals surface area contributed by atoms with E-state index in [9.17, 15) is 9.59 Å². The van der Waals surface area contributed by atoms with Crippen molar-refractivity contribution in [1.82, 2.24) is 9.97 Å². The van der Waals surface area contributed by atoms with Crippen LogP contribution in [0, 0.1) is 0 Å². The Labute approximate surface area is 184 Å². The quantitative estimate of drug-likeness (QED) is 0.436. The second-order valence-corrected chi connectivity index (χ2v) is 6.00. The molecule has 2 aliphatic rings. The Morgan fingerprint density at radius 3 is 2.00 bits per heavy atom. The summed E-state index contributed by atoms with van der Waals surface area (Å²) in [4.78, 5) is 27.8. The van der Waals surface area contributed by atoms with Crippen molar-refractivity contribution in [1.29, 1.82) is 0 Å². The van der Waals surface area contributed by atoms with Crippen LogP contribution in [-0.2, 0) is 40.3 Å². The van der Waals surface area contributed by atoms with Crippen LogP contribution in [0.3, 0.4) is 0 Å².